The van der Waals surface area contributed by atoms with E-state index in [0.717, 1.165) is 49.8 Å². The van der Waals surface area contributed by atoms with Gasteiger partial charge in [0.1, 0.15) is 5.75 Å². The van der Waals surface area contributed by atoms with Crippen molar-refractivity contribution in [3.05, 3.63) is 23.8 Å². The highest BCUT2D eigenvalue weighted by molar-refractivity contribution is 6.06. The Bertz CT molecular complexity index is 523. The molecule has 20 heavy (non-hydrogen) atoms. The van der Waals surface area contributed by atoms with Crippen LogP contribution in [0.5, 0.6) is 5.75 Å². The molecule has 0 radical (unpaired) electrons. The predicted octanol–water partition coefficient (Wildman–Crippen LogP) is 3.83. The van der Waals surface area contributed by atoms with Crippen LogP contribution in [0, 0.1) is 0 Å². The van der Waals surface area contributed by atoms with Gasteiger partial charge in [-0.3, -0.25) is 4.79 Å². The Morgan fingerprint density at radius 2 is 1.85 bits per heavy atom. The second kappa shape index (κ2) is 5.04. The molecular weight excluding hydrogens is 264 g/mol. The quantitative estimate of drug-likeness (QED) is 0.894. The first kappa shape index (κ1) is 13.3. The molecule has 3 rings (SSSR count). The Labute approximate surface area is 116 Å². The lowest BCUT2D eigenvalue weighted by Crippen LogP contribution is -2.33. The monoisotopic (exact) mass is 281 g/mol. The molecule has 1 aliphatic carbocycles. The zero-order valence-corrected chi connectivity index (χ0v) is 11.1. The fourth-order valence-electron chi connectivity index (χ4n) is 3.40. The minimum atomic E-state index is -2.84. The number of alkyl halides is 2. The van der Waals surface area contributed by atoms with Gasteiger partial charge in [-0.05, 0) is 36.6 Å². The minimum Gasteiger partial charge on any atom is -0.435 e. The van der Waals surface area contributed by atoms with Crippen molar-refractivity contribution < 1.29 is 18.3 Å². The largest absolute Gasteiger partial charge is 0.435 e. The first-order chi connectivity index (χ1) is 9.62. The average Bonchev–Trinajstić information content (AvgIpc) is 2.58. The first-order valence-corrected chi connectivity index (χ1v) is 7.03. The molecule has 0 atom stereocenters. The van der Waals surface area contributed by atoms with Crippen molar-refractivity contribution in [3.63, 3.8) is 0 Å². The van der Waals surface area contributed by atoms with Gasteiger partial charge in [0.2, 0.25) is 5.91 Å². The van der Waals surface area contributed by atoms with Crippen LogP contribution in [0.15, 0.2) is 18.2 Å². The SMILES string of the molecule is O=C1Nc2ccc(OC(F)F)cc2C12CCCCCC2. The van der Waals surface area contributed by atoms with Gasteiger partial charge in [-0.1, -0.05) is 25.7 Å². The van der Waals surface area contributed by atoms with E-state index in [1.54, 1.807) is 12.1 Å². The Morgan fingerprint density at radius 3 is 2.50 bits per heavy atom. The summed E-state index contributed by atoms with van der Waals surface area (Å²) in [7, 11) is 0. The van der Waals surface area contributed by atoms with Crippen LogP contribution in [-0.2, 0) is 10.2 Å². The molecule has 0 saturated heterocycles. The number of hydrogen-bond acceptors (Lipinski definition) is 2. The number of hydrogen-bond donors (Lipinski definition) is 1. The van der Waals surface area contributed by atoms with E-state index >= 15 is 0 Å². The van der Waals surface area contributed by atoms with Gasteiger partial charge in [0.05, 0.1) is 5.41 Å². The molecule has 0 bridgehead atoms. The minimum absolute atomic E-state index is 0.00333. The maximum absolute atomic E-state index is 12.4. The topological polar surface area (TPSA) is 38.3 Å². The van der Waals surface area contributed by atoms with Crippen LogP contribution in [0.1, 0.15) is 44.1 Å². The summed E-state index contributed by atoms with van der Waals surface area (Å²) < 4.78 is 29.2. The Kier molecular flexibility index (Phi) is 3.36. The summed E-state index contributed by atoms with van der Waals surface area (Å²) >= 11 is 0. The zero-order chi connectivity index (χ0) is 14.2. The molecule has 1 fully saturated rings. The summed E-state index contributed by atoms with van der Waals surface area (Å²) in [5.41, 5.74) is 1.01. The summed E-state index contributed by atoms with van der Waals surface area (Å²) in [6, 6.07) is 4.73. The molecule has 1 N–H and O–H groups in total. The molecule has 2 aliphatic rings. The lowest BCUT2D eigenvalue weighted by molar-refractivity contribution is -0.121. The van der Waals surface area contributed by atoms with Crippen molar-refractivity contribution in [3.8, 4) is 5.75 Å². The van der Waals surface area contributed by atoms with Gasteiger partial charge in [-0.2, -0.15) is 8.78 Å². The molecule has 3 nitrogen and oxygen atoms in total. The summed E-state index contributed by atoms with van der Waals surface area (Å²) in [4.78, 5) is 12.4. The number of carbonyl (C=O) groups excluding carboxylic acids is 1. The highest BCUT2D eigenvalue weighted by atomic mass is 19.3. The molecule has 0 aromatic heterocycles. The standard InChI is InChI=1S/C15H17F2NO2/c16-14(17)20-10-5-6-12-11(9-10)15(13(19)18-12)7-3-1-2-4-8-15/h5-6,9,14H,1-4,7-8H2,(H,18,19). The first-order valence-electron chi connectivity index (χ1n) is 7.03. The van der Waals surface area contributed by atoms with Crippen LogP contribution < -0.4 is 10.1 Å². The predicted molar refractivity (Wildman–Crippen MR) is 71.1 cm³/mol. The number of anilines is 1. The van der Waals surface area contributed by atoms with E-state index in [9.17, 15) is 13.6 Å². The Hall–Kier alpha value is -1.65. The molecule has 1 saturated carbocycles. The van der Waals surface area contributed by atoms with E-state index in [1.807, 2.05) is 0 Å². The highest BCUT2D eigenvalue weighted by Gasteiger charge is 2.46. The van der Waals surface area contributed by atoms with Gasteiger partial charge in [0.25, 0.3) is 0 Å². The highest BCUT2D eigenvalue weighted by Crippen LogP contribution is 2.47. The van der Waals surface area contributed by atoms with Gasteiger partial charge in [0, 0.05) is 5.69 Å². The average molecular weight is 281 g/mol. The zero-order valence-electron chi connectivity index (χ0n) is 11.1. The molecule has 1 spiro atoms. The maximum Gasteiger partial charge on any atom is 0.387 e. The van der Waals surface area contributed by atoms with Crippen molar-refractivity contribution in [2.75, 3.05) is 5.32 Å². The van der Waals surface area contributed by atoms with E-state index < -0.39 is 12.0 Å². The van der Waals surface area contributed by atoms with E-state index in [2.05, 4.69) is 10.1 Å². The third-order valence-electron chi connectivity index (χ3n) is 4.37. The number of nitrogens with one attached hydrogen (secondary N) is 1. The smallest absolute Gasteiger partial charge is 0.387 e. The summed E-state index contributed by atoms with van der Waals surface area (Å²) in [5, 5.41) is 2.88. The normalized spacial score (nSPS) is 20.6. The van der Waals surface area contributed by atoms with Crippen LogP contribution >= 0.6 is 0 Å². The number of rotatable bonds is 2. The van der Waals surface area contributed by atoms with Crippen LogP contribution in [0.2, 0.25) is 0 Å². The van der Waals surface area contributed by atoms with Crippen LogP contribution in [0.4, 0.5) is 14.5 Å². The van der Waals surface area contributed by atoms with Gasteiger partial charge in [-0.15, -0.1) is 0 Å². The number of halogens is 2. The van der Waals surface area contributed by atoms with Crippen molar-refractivity contribution in [1.29, 1.82) is 0 Å². The van der Waals surface area contributed by atoms with Crippen LogP contribution in [0.25, 0.3) is 0 Å². The molecule has 0 unspecified atom stereocenters. The van der Waals surface area contributed by atoms with Crippen molar-refractivity contribution in [1.82, 2.24) is 0 Å². The molecule has 1 amide bonds. The van der Waals surface area contributed by atoms with Crippen LogP contribution in [0.3, 0.4) is 0 Å². The molecule has 1 aromatic rings. The van der Waals surface area contributed by atoms with Crippen LogP contribution in [-0.4, -0.2) is 12.5 Å². The molecule has 5 heteroatoms. The van der Waals surface area contributed by atoms with E-state index in [4.69, 9.17) is 0 Å². The number of benzene rings is 1. The van der Waals surface area contributed by atoms with Crippen molar-refractivity contribution in [2.45, 2.75) is 50.6 Å². The number of fused-ring (bicyclic) bond motifs is 2. The van der Waals surface area contributed by atoms with Gasteiger partial charge in [-0.25, -0.2) is 0 Å². The fourth-order valence-corrected chi connectivity index (χ4v) is 3.40. The van der Waals surface area contributed by atoms with Crippen molar-refractivity contribution >= 4 is 11.6 Å². The van der Waals surface area contributed by atoms with Gasteiger partial charge < -0.3 is 10.1 Å². The van der Waals surface area contributed by atoms with Gasteiger partial charge >= 0.3 is 6.61 Å². The lowest BCUT2D eigenvalue weighted by Gasteiger charge is -2.25. The molecular formula is C15H17F2NO2. The third kappa shape index (κ3) is 2.15. The van der Waals surface area contributed by atoms with E-state index in [-0.39, 0.29) is 11.7 Å². The maximum atomic E-state index is 12.4. The second-order valence-electron chi connectivity index (χ2n) is 5.54. The van der Waals surface area contributed by atoms with Gasteiger partial charge in [0.15, 0.2) is 0 Å². The number of ether oxygens (including phenoxy) is 1. The number of carbonyl (C=O) groups is 1. The third-order valence-corrected chi connectivity index (χ3v) is 4.37. The summed E-state index contributed by atoms with van der Waals surface area (Å²) in [6.07, 6.45) is 5.79. The summed E-state index contributed by atoms with van der Waals surface area (Å²) in [5.74, 6) is 0.127. The Morgan fingerprint density at radius 1 is 1.15 bits per heavy atom. The molecule has 1 aliphatic heterocycles. The van der Waals surface area contributed by atoms with Crippen molar-refractivity contribution in [2.24, 2.45) is 0 Å². The molecule has 108 valence electrons. The molecule has 1 aromatic carbocycles. The lowest BCUT2D eigenvalue weighted by atomic mass is 9.75. The fraction of sp³-hybridized carbons (Fsp3) is 0.533. The Balaban J connectivity index is 2.00. The molecule has 1 heterocycles. The van der Waals surface area contributed by atoms with E-state index in [1.165, 1.54) is 6.07 Å². The number of amides is 1. The summed E-state index contributed by atoms with van der Waals surface area (Å²) in [6.45, 7) is -2.84. The van der Waals surface area contributed by atoms with E-state index in [0.29, 0.717) is 0 Å². The second-order valence-corrected chi connectivity index (χ2v) is 5.54.